The van der Waals surface area contributed by atoms with Gasteiger partial charge in [0, 0.05) is 27.3 Å². The van der Waals surface area contributed by atoms with E-state index in [9.17, 15) is 0 Å². The first-order chi connectivity index (χ1) is 7.69. The highest BCUT2D eigenvalue weighted by atomic mass is 35.5. The predicted octanol–water partition coefficient (Wildman–Crippen LogP) is 2.95. The van der Waals surface area contributed by atoms with E-state index in [1.54, 1.807) is 7.11 Å². The molecule has 1 rings (SSSR count). The molecule has 0 amide bonds. The minimum absolute atomic E-state index is 0.332. The third-order valence-corrected chi connectivity index (χ3v) is 2.86. The van der Waals surface area contributed by atoms with Crippen LogP contribution < -0.4 is 4.90 Å². The third-order valence-electron chi connectivity index (χ3n) is 2.26. The quantitative estimate of drug-likeness (QED) is 0.583. The first-order valence-corrected chi connectivity index (χ1v) is 6.01. The van der Waals surface area contributed by atoms with Crippen molar-refractivity contribution in [3.63, 3.8) is 0 Å². The van der Waals surface area contributed by atoms with Crippen molar-refractivity contribution in [2.24, 2.45) is 0 Å². The highest BCUT2D eigenvalue weighted by Crippen LogP contribution is 2.20. The zero-order valence-electron chi connectivity index (χ0n) is 9.54. The minimum atomic E-state index is 0.332. The van der Waals surface area contributed by atoms with Crippen LogP contribution in [0.5, 0.6) is 0 Å². The Hall–Kier alpha value is -0.510. The van der Waals surface area contributed by atoms with Crippen LogP contribution in [0.1, 0.15) is 12.1 Å². The van der Waals surface area contributed by atoms with E-state index >= 15 is 0 Å². The fourth-order valence-corrected chi connectivity index (χ4v) is 1.78. The number of alkyl halides is 1. The molecule has 0 saturated heterocycles. The van der Waals surface area contributed by atoms with Gasteiger partial charge in [-0.2, -0.15) is 0 Å². The fourth-order valence-electron chi connectivity index (χ4n) is 1.34. The third kappa shape index (κ3) is 3.81. The summed E-state index contributed by atoms with van der Waals surface area (Å²) in [5.74, 6) is 1.22. The minimum Gasteiger partial charge on any atom is -0.385 e. The summed E-state index contributed by atoms with van der Waals surface area (Å²) in [5.41, 5.74) is 0.722. The van der Waals surface area contributed by atoms with Crippen molar-refractivity contribution in [2.45, 2.75) is 12.3 Å². The molecule has 1 aromatic rings. The molecule has 0 bridgehead atoms. The summed E-state index contributed by atoms with van der Waals surface area (Å²) < 4.78 is 5.00. The van der Waals surface area contributed by atoms with Gasteiger partial charge >= 0.3 is 0 Å². The highest BCUT2D eigenvalue weighted by molar-refractivity contribution is 6.32. The second kappa shape index (κ2) is 6.94. The summed E-state index contributed by atoms with van der Waals surface area (Å²) in [6, 6.07) is 3.72. The average Bonchev–Trinajstić information content (AvgIpc) is 2.30. The van der Waals surface area contributed by atoms with Gasteiger partial charge in [0.2, 0.25) is 0 Å². The van der Waals surface area contributed by atoms with E-state index in [1.165, 1.54) is 0 Å². The first kappa shape index (κ1) is 13.6. The van der Waals surface area contributed by atoms with Gasteiger partial charge in [0.05, 0.1) is 16.6 Å². The van der Waals surface area contributed by atoms with Crippen LogP contribution in [0.3, 0.4) is 0 Å². The van der Waals surface area contributed by atoms with E-state index in [4.69, 9.17) is 27.9 Å². The molecule has 90 valence electrons. The Kier molecular flexibility index (Phi) is 5.88. The molecule has 1 heterocycles. The van der Waals surface area contributed by atoms with E-state index < -0.39 is 0 Å². The lowest BCUT2D eigenvalue weighted by molar-refractivity contribution is 0.196. The number of pyridine rings is 1. The van der Waals surface area contributed by atoms with E-state index in [2.05, 4.69) is 9.88 Å². The van der Waals surface area contributed by atoms with Crippen LogP contribution in [0, 0.1) is 0 Å². The normalized spacial score (nSPS) is 10.5. The number of anilines is 1. The predicted molar refractivity (Wildman–Crippen MR) is 68.6 cm³/mol. The van der Waals surface area contributed by atoms with Crippen molar-refractivity contribution in [3.8, 4) is 0 Å². The van der Waals surface area contributed by atoms with E-state index in [-0.39, 0.29) is 0 Å². The first-order valence-electron chi connectivity index (χ1n) is 5.10. The molecule has 0 aromatic carbocycles. The number of hydrogen-bond acceptors (Lipinski definition) is 3. The Bertz CT molecular complexity index is 334. The molecule has 0 radical (unpaired) electrons. The average molecular weight is 263 g/mol. The Balaban J connectivity index is 2.64. The van der Waals surface area contributed by atoms with Crippen molar-refractivity contribution in [3.05, 3.63) is 22.8 Å². The molecule has 0 aliphatic carbocycles. The van der Waals surface area contributed by atoms with Crippen molar-refractivity contribution in [1.82, 2.24) is 4.98 Å². The standard InChI is InChI=1S/C11H16Cl2N2O/c1-15(6-3-7-16-2)11-5-4-9(13)10(8-12)14-11/h4-5H,3,6-8H2,1-2H3. The smallest absolute Gasteiger partial charge is 0.128 e. The molecule has 3 nitrogen and oxygen atoms in total. The van der Waals surface area contributed by atoms with Crippen LogP contribution in [-0.2, 0) is 10.6 Å². The molecule has 1 aromatic heterocycles. The Morgan fingerprint density at radius 1 is 1.44 bits per heavy atom. The molecule has 0 saturated carbocycles. The Labute approximate surface area is 106 Å². The van der Waals surface area contributed by atoms with Crippen LogP contribution in [-0.4, -0.2) is 32.3 Å². The highest BCUT2D eigenvalue weighted by Gasteiger charge is 2.06. The zero-order chi connectivity index (χ0) is 12.0. The van der Waals surface area contributed by atoms with Crippen LogP contribution >= 0.6 is 23.2 Å². The molecule has 0 aliphatic heterocycles. The van der Waals surface area contributed by atoms with Crippen LogP contribution in [0.2, 0.25) is 5.02 Å². The van der Waals surface area contributed by atoms with Crippen molar-refractivity contribution in [1.29, 1.82) is 0 Å². The summed E-state index contributed by atoms with van der Waals surface area (Å²) in [5, 5.41) is 0.615. The molecule has 0 unspecified atom stereocenters. The maximum absolute atomic E-state index is 5.94. The van der Waals surface area contributed by atoms with Gasteiger partial charge in [-0.1, -0.05) is 11.6 Å². The number of nitrogens with zero attached hydrogens (tertiary/aromatic N) is 2. The summed E-state index contributed by atoms with van der Waals surface area (Å²) in [6.45, 7) is 1.64. The zero-order valence-corrected chi connectivity index (χ0v) is 11.1. The van der Waals surface area contributed by atoms with Gasteiger partial charge in [-0.3, -0.25) is 0 Å². The summed E-state index contributed by atoms with van der Waals surface area (Å²) in [6.07, 6.45) is 0.966. The number of ether oxygens (including phenoxy) is 1. The maximum atomic E-state index is 5.94. The topological polar surface area (TPSA) is 25.4 Å². The van der Waals surface area contributed by atoms with Gasteiger partial charge in [-0.15, -0.1) is 11.6 Å². The number of halogens is 2. The Morgan fingerprint density at radius 2 is 2.19 bits per heavy atom. The fraction of sp³-hybridized carbons (Fsp3) is 0.545. The second-order valence-corrected chi connectivity index (χ2v) is 4.17. The van der Waals surface area contributed by atoms with Crippen LogP contribution in [0.4, 0.5) is 5.82 Å². The number of aromatic nitrogens is 1. The maximum Gasteiger partial charge on any atom is 0.128 e. The lowest BCUT2D eigenvalue weighted by atomic mass is 10.3. The Morgan fingerprint density at radius 3 is 2.81 bits per heavy atom. The SMILES string of the molecule is COCCCN(C)c1ccc(Cl)c(CCl)n1. The molecule has 0 atom stereocenters. The van der Waals surface area contributed by atoms with Crippen molar-refractivity contribution >= 4 is 29.0 Å². The molecule has 0 aliphatic rings. The molecular formula is C11H16Cl2N2O. The van der Waals surface area contributed by atoms with Gasteiger partial charge < -0.3 is 9.64 Å². The van der Waals surface area contributed by atoms with Crippen molar-refractivity contribution in [2.75, 3.05) is 32.2 Å². The lowest BCUT2D eigenvalue weighted by Gasteiger charge is -2.18. The molecule has 0 N–H and O–H groups in total. The summed E-state index contributed by atoms with van der Waals surface area (Å²) >= 11 is 11.7. The van der Waals surface area contributed by atoms with Gasteiger partial charge in [0.1, 0.15) is 5.82 Å². The number of hydrogen-bond donors (Lipinski definition) is 0. The summed E-state index contributed by atoms with van der Waals surface area (Å²) in [4.78, 5) is 6.45. The van der Waals surface area contributed by atoms with E-state index in [0.29, 0.717) is 10.9 Å². The monoisotopic (exact) mass is 262 g/mol. The largest absolute Gasteiger partial charge is 0.385 e. The molecule has 16 heavy (non-hydrogen) atoms. The van der Waals surface area contributed by atoms with Crippen molar-refractivity contribution < 1.29 is 4.74 Å². The van der Waals surface area contributed by atoms with Gasteiger partial charge in [0.15, 0.2) is 0 Å². The van der Waals surface area contributed by atoms with Crippen LogP contribution in [0.25, 0.3) is 0 Å². The number of methoxy groups -OCH3 is 1. The molecular weight excluding hydrogens is 247 g/mol. The van der Waals surface area contributed by atoms with E-state index in [1.807, 2.05) is 19.2 Å². The van der Waals surface area contributed by atoms with Gasteiger partial charge in [0.25, 0.3) is 0 Å². The molecule has 0 fully saturated rings. The summed E-state index contributed by atoms with van der Waals surface area (Å²) in [7, 11) is 3.69. The lowest BCUT2D eigenvalue weighted by Crippen LogP contribution is -2.21. The number of rotatable bonds is 6. The molecule has 5 heteroatoms. The van der Waals surface area contributed by atoms with Gasteiger partial charge in [-0.05, 0) is 18.6 Å². The second-order valence-electron chi connectivity index (χ2n) is 3.50. The van der Waals surface area contributed by atoms with Gasteiger partial charge in [-0.25, -0.2) is 4.98 Å². The van der Waals surface area contributed by atoms with E-state index in [0.717, 1.165) is 31.1 Å². The molecule has 0 spiro atoms. The van der Waals surface area contributed by atoms with Crippen LogP contribution in [0.15, 0.2) is 12.1 Å².